The predicted molar refractivity (Wildman–Crippen MR) is 102 cm³/mol. The van der Waals surface area contributed by atoms with E-state index in [1.807, 2.05) is 48.5 Å². The van der Waals surface area contributed by atoms with Crippen molar-refractivity contribution in [3.8, 4) is 5.75 Å². The Morgan fingerprint density at radius 1 is 1.08 bits per heavy atom. The molecule has 0 radical (unpaired) electrons. The first kappa shape index (κ1) is 17.0. The van der Waals surface area contributed by atoms with Gasteiger partial charge in [0, 0.05) is 12.7 Å². The third-order valence-electron chi connectivity index (χ3n) is 3.63. The van der Waals surface area contributed by atoms with Crippen LogP contribution in [0.3, 0.4) is 0 Å². The fourth-order valence-electron chi connectivity index (χ4n) is 2.36. The fourth-order valence-corrected chi connectivity index (χ4v) is 2.55. The molecule has 128 valence electrons. The van der Waals surface area contributed by atoms with E-state index in [9.17, 15) is 0 Å². The highest BCUT2D eigenvalue weighted by Crippen LogP contribution is 2.23. The molecule has 0 atom stereocenters. The summed E-state index contributed by atoms with van der Waals surface area (Å²) in [5.41, 5.74) is 1.98. The first-order chi connectivity index (χ1) is 12.2. The van der Waals surface area contributed by atoms with Crippen molar-refractivity contribution in [2.45, 2.75) is 6.42 Å². The maximum atomic E-state index is 6.15. The highest BCUT2D eigenvalue weighted by molar-refractivity contribution is 6.33. The van der Waals surface area contributed by atoms with Crippen molar-refractivity contribution in [3.05, 3.63) is 71.4 Å². The van der Waals surface area contributed by atoms with Gasteiger partial charge in [-0.05, 0) is 42.3 Å². The number of ether oxygens (including phenoxy) is 1. The lowest BCUT2D eigenvalue weighted by molar-refractivity contribution is 0.414. The zero-order valence-corrected chi connectivity index (χ0v) is 14.6. The molecule has 1 aromatic heterocycles. The van der Waals surface area contributed by atoms with E-state index in [1.165, 1.54) is 5.56 Å². The number of benzene rings is 2. The summed E-state index contributed by atoms with van der Waals surface area (Å²) in [7, 11) is 1.67. The Morgan fingerprint density at radius 2 is 1.96 bits per heavy atom. The molecule has 3 rings (SSSR count). The van der Waals surface area contributed by atoms with Gasteiger partial charge < -0.3 is 15.4 Å². The molecule has 5 nitrogen and oxygen atoms in total. The number of nitrogens with zero attached hydrogens (tertiary/aromatic N) is 2. The number of hydrogen-bond donors (Lipinski definition) is 2. The van der Waals surface area contributed by atoms with Gasteiger partial charge in [0.1, 0.15) is 11.6 Å². The van der Waals surface area contributed by atoms with Crippen LogP contribution in [0.2, 0.25) is 5.02 Å². The number of anilines is 3. The molecule has 0 fully saturated rings. The van der Waals surface area contributed by atoms with E-state index in [2.05, 4.69) is 26.7 Å². The van der Waals surface area contributed by atoms with Crippen LogP contribution in [0.4, 0.5) is 17.5 Å². The van der Waals surface area contributed by atoms with Gasteiger partial charge in [0.2, 0.25) is 5.95 Å². The molecule has 25 heavy (non-hydrogen) atoms. The average molecular weight is 355 g/mol. The number of halogens is 1. The lowest BCUT2D eigenvalue weighted by atomic mass is 10.1. The van der Waals surface area contributed by atoms with Crippen LogP contribution in [0.1, 0.15) is 5.56 Å². The summed E-state index contributed by atoms with van der Waals surface area (Å²) >= 11 is 6.15. The van der Waals surface area contributed by atoms with Crippen LogP contribution in [0.5, 0.6) is 5.75 Å². The molecule has 0 amide bonds. The predicted octanol–water partition coefficient (Wildman–Crippen LogP) is 4.54. The number of rotatable bonds is 7. The lowest BCUT2D eigenvalue weighted by Crippen LogP contribution is -2.08. The molecule has 0 aliphatic heterocycles. The molecule has 0 saturated carbocycles. The summed E-state index contributed by atoms with van der Waals surface area (Å²) in [6, 6.07) is 17.4. The zero-order valence-electron chi connectivity index (χ0n) is 13.9. The minimum atomic E-state index is 0.500. The van der Waals surface area contributed by atoms with Crippen molar-refractivity contribution >= 4 is 29.1 Å². The van der Waals surface area contributed by atoms with Crippen molar-refractivity contribution in [1.82, 2.24) is 9.97 Å². The molecule has 6 heteroatoms. The number of hydrogen-bond acceptors (Lipinski definition) is 5. The fraction of sp³-hybridized carbons (Fsp3) is 0.158. The van der Waals surface area contributed by atoms with Gasteiger partial charge in [0.15, 0.2) is 0 Å². The van der Waals surface area contributed by atoms with Crippen molar-refractivity contribution in [3.63, 3.8) is 0 Å². The third kappa shape index (κ3) is 4.84. The zero-order chi connectivity index (χ0) is 17.5. The first-order valence-electron chi connectivity index (χ1n) is 7.96. The molecule has 0 spiro atoms. The van der Waals surface area contributed by atoms with Crippen LogP contribution in [0, 0.1) is 0 Å². The second-order valence-corrected chi connectivity index (χ2v) is 5.81. The van der Waals surface area contributed by atoms with Gasteiger partial charge in [0.25, 0.3) is 0 Å². The van der Waals surface area contributed by atoms with Gasteiger partial charge in [-0.15, -0.1) is 0 Å². The van der Waals surface area contributed by atoms with Crippen molar-refractivity contribution in [2.75, 3.05) is 24.3 Å². The maximum Gasteiger partial charge on any atom is 0.229 e. The van der Waals surface area contributed by atoms with Gasteiger partial charge in [0.05, 0.1) is 17.8 Å². The minimum absolute atomic E-state index is 0.500. The van der Waals surface area contributed by atoms with Gasteiger partial charge in [-0.3, -0.25) is 0 Å². The van der Waals surface area contributed by atoms with Gasteiger partial charge in [-0.2, -0.15) is 4.98 Å². The van der Waals surface area contributed by atoms with E-state index in [0.29, 0.717) is 11.0 Å². The number of nitrogens with one attached hydrogen (secondary N) is 2. The summed E-state index contributed by atoms with van der Waals surface area (Å²) in [6.45, 7) is 0.760. The normalized spacial score (nSPS) is 10.3. The SMILES string of the molecule is COc1cccc(CCNc2ccnc(Nc3ccccc3Cl)n2)c1. The summed E-state index contributed by atoms with van der Waals surface area (Å²) < 4.78 is 5.24. The van der Waals surface area contributed by atoms with Gasteiger partial charge in [-0.1, -0.05) is 35.9 Å². The number of methoxy groups -OCH3 is 1. The Balaban J connectivity index is 1.59. The Kier molecular flexibility index (Phi) is 5.69. The van der Waals surface area contributed by atoms with Crippen molar-refractivity contribution < 1.29 is 4.74 Å². The molecule has 2 N–H and O–H groups in total. The quantitative estimate of drug-likeness (QED) is 0.652. The second-order valence-electron chi connectivity index (χ2n) is 5.40. The van der Waals surface area contributed by atoms with Crippen LogP contribution in [0.25, 0.3) is 0 Å². The Bertz CT molecular complexity index is 841. The second kappa shape index (κ2) is 8.35. The smallest absolute Gasteiger partial charge is 0.229 e. The Labute approximate surface area is 152 Å². The molecule has 2 aromatic carbocycles. The first-order valence-corrected chi connectivity index (χ1v) is 8.34. The third-order valence-corrected chi connectivity index (χ3v) is 3.96. The monoisotopic (exact) mass is 354 g/mol. The van der Waals surface area contributed by atoms with Crippen molar-refractivity contribution in [1.29, 1.82) is 0 Å². The lowest BCUT2D eigenvalue weighted by Gasteiger charge is -2.09. The molecule has 0 saturated heterocycles. The molecular weight excluding hydrogens is 336 g/mol. The summed E-state index contributed by atoms with van der Waals surface area (Å²) in [6.07, 6.45) is 2.58. The minimum Gasteiger partial charge on any atom is -0.497 e. The average Bonchev–Trinajstić information content (AvgIpc) is 2.64. The molecule has 0 aliphatic carbocycles. The summed E-state index contributed by atoms with van der Waals surface area (Å²) in [4.78, 5) is 8.68. The van der Waals surface area contributed by atoms with Gasteiger partial charge >= 0.3 is 0 Å². The Hall–Kier alpha value is -2.79. The van der Waals surface area contributed by atoms with Crippen LogP contribution < -0.4 is 15.4 Å². The van der Waals surface area contributed by atoms with Crippen LogP contribution in [-0.2, 0) is 6.42 Å². The topological polar surface area (TPSA) is 59.1 Å². The maximum absolute atomic E-state index is 6.15. The standard InChI is InChI=1S/C19H19ClN4O/c1-25-15-6-4-5-14(13-15)9-11-21-18-10-12-22-19(24-18)23-17-8-3-2-7-16(17)20/h2-8,10,12-13H,9,11H2,1H3,(H2,21,22,23,24). The van der Waals surface area contributed by atoms with Crippen LogP contribution in [-0.4, -0.2) is 23.6 Å². The number of aromatic nitrogens is 2. The molecule has 0 bridgehead atoms. The highest BCUT2D eigenvalue weighted by Gasteiger charge is 2.03. The molecular formula is C19H19ClN4O. The summed E-state index contributed by atoms with van der Waals surface area (Å²) in [5.74, 6) is 2.12. The summed E-state index contributed by atoms with van der Waals surface area (Å²) in [5, 5.41) is 7.06. The van der Waals surface area contributed by atoms with Crippen molar-refractivity contribution in [2.24, 2.45) is 0 Å². The molecule has 3 aromatic rings. The highest BCUT2D eigenvalue weighted by atomic mass is 35.5. The van der Waals surface area contributed by atoms with E-state index in [4.69, 9.17) is 16.3 Å². The number of para-hydroxylation sites is 1. The van der Waals surface area contributed by atoms with E-state index in [-0.39, 0.29) is 0 Å². The molecule has 0 unspecified atom stereocenters. The largest absolute Gasteiger partial charge is 0.497 e. The van der Waals surface area contributed by atoms with E-state index >= 15 is 0 Å². The van der Waals surface area contributed by atoms with E-state index in [1.54, 1.807) is 13.3 Å². The molecule has 1 heterocycles. The van der Waals surface area contributed by atoms with Crippen LogP contribution >= 0.6 is 11.6 Å². The van der Waals surface area contributed by atoms with E-state index < -0.39 is 0 Å². The molecule has 0 aliphatic rings. The Morgan fingerprint density at radius 3 is 2.80 bits per heavy atom. The van der Waals surface area contributed by atoms with E-state index in [0.717, 1.165) is 30.2 Å². The van der Waals surface area contributed by atoms with Gasteiger partial charge in [-0.25, -0.2) is 4.98 Å². The van der Waals surface area contributed by atoms with Crippen LogP contribution in [0.15, 0.2) is 60.8 Å².